The fourth-order valence-corrected chi connectivity index (χ4v) is 3.08. The minimum atomic E-state index is -0.0961. The molecule has 1 aromatic heterocycles. The van der Waals surface area contributed by atoms with Crippen molar-refractivity contribution >= 4 is 0 Å². The maximum absolute atomic E-state index is 6.16. The van der Waals surface area contributed by atoms with E-state index in [4.69, 9.17) is 14.9 Å². The highest BCUT2D eigenvalue weighted by Gasteiger charge is 2.27. The van der Waals surface area contributed by atoms with E-state index in [2.05, 4.69) is 13.8 Å². The molecule has 0 spiro atoms. The molecule has 3 heteroatoms. The maximum atomic E-state index is 6.16. The topological polar surface area (TPSA) is 48.4 Å². The number of ether oxygens (including phenoxy) is 1. The molecule has 1 heterocycles. The fraction of sp³-hybridized carbons (Fsp3) is 0.733. The van der Waals surface area contributed by atoms with Crippen LogP contribution in [0.2, 0.25) is 0 Å². The Balaban J connectivity index is 1.97. The zero-order chi connectivity index (χ0) is 13.1. The van der Waals surface area contributed by atoms with Crippen molar-refractivity contribution in [3.05, 3.63) is 23.7 Å². The van der Waals surface area contributed by atoms with Crippen molar-refractivity contribution in [2.45, 2.75) is 52.2 Å². The monoisotopic (exact) mass is 251 g/mol. The van der Waals surface area contributed by atoms with E-state index < -0.39 is 0 Å². The molecule has 0 aromatic carbocycles. The van der Waals surface area contributed by atoms with E-state index in [-0.39, 0.29) is 6.10 Å². The van der Waals surface area contributed by atoms with Gasteiger partial charge in [0.25, 0.3) is 0 Å². The van der Waals surface area contributed by atoms with Crippen LogP contribution < -0.4 is 5.73 Å². The Kier molecular flexibility index (Phi) is 4.46. The molecule has 1 saturated carbocycles. The molecule has 18 heavy (non-hydrogen) atoms. The lowest BCUT2D eigenvalue weighted by Gasteiger charge is -2.33. The highest BCUT2D eigenvalue weighted by molar-refractivity contribution is 5.08. The zero-order valence-corrected chi connectivity index (χ0v) is 11.7. The summed E-state index contributed by atoms with van der Waals surface area (Å²) in [7, 11) is 0. The van der Waals surface area contributed by atoms with Gasteiger partial charge in [0.05, 0.1) is 6.10 Å². The first kappa shape index (κ1) is 13.6. The molecule has 2 rings (SSSR count). The molecule has 0 amide bonds. The zero-order valence-electron chi connectivity index (χ0n) is 11.7. The van der Waals surface area contributed by atoms with Crippen molar-refractivity contribution in [2.75, 3.05) is 6.54 Å². The fourth-order valence-electron chi connectivity index (χ4n) is 3.08. The number of rotatable bonds is 4. The standard InChI is InChI=1S/C15H25NO2/c1-10-6-11(2)8-13(7-10)18-15(9-16)14-5-4-12(3)17-14/h4-5,10-11,13,15H,6-9,16H2,1-3H3. The van der Waals surface area contributed by atoms with E-state index in [0.29, 0.717) is 12.6 Å². The summed E-state index contributed by atoms with van der Waals surface area (Å²) in [5.41, 5.74) is 5.82. The van der Waals surface area contributed by atoms with Gasteiger partial charge < -0.3 is 14.9 Å². The first-order valence-electron chi connectivity index (χ1n) is 7.00. The minimum Gasteiger partial charge on any atom is -0.464 e. The molecule has 0 aliphatic heterocycles. The second-order valence-electron chi connectivity index (χ2n) is 5.85. The number of aryl methyl sites for hydroxylation is 1. The molecule has 3 nitrogen and oxygen atoms in total. The molecule has 3 atom stereocenters. The normalized spacial score (nSPS) is 30.3. The molecule has 2 N–H and O–H groups in total. The third kappa shape index (κ3) is 3.36. The maximum Gasteiger partial charge on any atom is 0.134 e. The molecule has 102 valence electrons. The summed E-state index contributed by atoms with van der Waals surface area (Å²) in [6.07, 6.45) is 3.82. The summed E-state index contributed by atoms with van der Waals surface area (Å²) in [6, 6.07) is 3.94. The van der Waals surface area contributed by atoms with Crippen LogP contribution in [0.25, 0.3) is 0 Å². The minimum absolute atomic E-state index is 0.0961. The number of hydrogen-bond donors (Lipinski definition) is 1. The van der Waals surface area contributed by atoms with Crippen LogP contribution in [-0.2, 0) is 4.74 Å². The Morgan fingerprint density at radius 1 is 1.28 bits per heavy atom. The Hall–Kier alpha value is -0.800. The molecule has 3 unspecified atom stereocenters. The summed E-state index contributed by atoms with van der Waals surface area (Å²) >= 11 is 0. The van der Waals surface area contributed by atoms with Crippen molar-refractivity contribution in [1.82, 2.24) is 0 Å². The Bertz CT molecular complexity index is 364. The Labute approximate surface area is 110 Å². The highest BCUT2D eigenvalue weighted by Crippen LogP contribution is 2.33. The summed E-state index contributed by atoms with van der Waals surface area (Å²) in [5, 5.41) is 0. The van der Waals surface area contributed by atoms with Crippen molar-refractivity contribution in [1.29, 1.82) is 0 Å². The summed E-state index contributed by atoms with van der Waals surface area (Å²) in [6.45, 7) is 7.04. The van der Waals surface area contributed by atoms with E-state index in [1.807, 2.05) is 19.1 Å². The molecular weight excluding hydrogens is 226 g/mol. The molecule has 1 aliphatic rings. The lowest BCUT2D eigenvalue weighted by Crippen LogP contribution is -2.29. The van der Waals surface area contributed by atoms with Gasteiger partial charge in [-0.1, -0.05) is 13.8 Å². The van der Waals surface area contributed by atoms with Gasteiger partial charge >= 0.3 is 0 Å². The lowest BCUT2D eigenvalue weighted by atomic mass is 9.81. The smallest absolute Gasteiger partial charge is 0.134 e. The first-order chi connectivity index (χ1) is 8.58. The average molecular weight is 251 g/mol. The second-order valence-corrected chi connectivity index (χ2v) is 5.85. The van der Waals surface area contributed by atoms with Gasteiger partial charge in [-0.25, -0.2) is 0 Å². The van der Waals surface area contributed by atoms with Gasteiger partial charge in [-0.3, -0.25) is 0 Å². The van der Waals surface area contributed by atoms with E-state index in [1.54, 1.807) is 0 Å². The van der Waals surface area contributed by atoms with E-state index >= 15 is 0 Å². The Morgan fingerprint density at radius 2 is 1.94 bits per heavy atom. The van der Waals surface area contributed by atoms with Gasteiger partial charge in [-0.15, -0.1) is 0 Å². The molecule has 1 fully saturated rings. The van der Waals surface area contributed by atoms with E-state index in [1.165, 1.54) is 6.42 Å². The van der Waals surface area contributed by atoms with E-state index in [9.17, 15) is 0 Å². The van der Waals surface area contributed by atoms with Crippen LogP contribution in [0.3, 0.4) is 0 Å². The van der Waals surface area contributed by atoms with Gasteiger partial charge in [-0.2, -0.15) is 0 Å². The molecule has 1 aromatic rings. The summed E-state index contributed by atoms with van der Waals surface area (Å²) < 4.78 is 11.8. The van der Waals surface area contributed by atoms with Crippen molar-refractivity contribution in [3.63, 3.8) is 0 Å². The molecule has 0 radical (unpaired) electrons. The first-order valence-corrected chi connectivity index (χ1v) is 7.00. The van der Waals surface area contributed by atoms with Crippen molar-refractivity contribution < 1.29 is 9.15 Å². The summed E-state index contributed by atoms with van der Waals surface area (Å²) in [5.74, 6) is 3.27. The van der Waals surface area contributed by atoms with Crippen LogP contribution in [0.15, 0.2) is 16.5 Å². The van der Waals surface area contributed by atoms with Crippen LogP contribution in [-0.4, -0.2) is 12.6 Å². The number of hydrogen-bond acceptors (Lipinski definition) is 3. The van der Waals surface area contributed by atoms with Gasteiger partial charge in [0.2, 0.25) is 0 Å². The van der Waals surface area contributed by atoms with Crippen molar-refractivity contribution in [3.8, 4) is 0 Å². The van der Waals surface area contributed by atoms with Gasteiger partial charge in [0, 0.05) is 6.54 Å². The number of furan rings is 1. The largest absolute Gasteiger partial charge is 0.464 e. The quantitative estimate of drug-likeness (QED) is 0.892. The summed E-state index contributed by atoms with van der Waals surface area (Å²) in [4.78, 5) is 0. The van der Waals surface area contributed by atoms with E-state index in [0.717, 1.165) is 36.2 Å². The van der Waals surface area contributed by atoms with Gasteiger partial charge in [0.15, 0.2) is 0 Å². The predicted octanol–water partition coefficient (Wildman–Crippen LogP) is 3.43. The predicted molar refractivity (Wildman–Crippen MR) is 72.3 cm³/mol. The SMILES string of the molecule is Cc1ccc(C(CN)OC2CC(C)CC(C)C2)o1. The molecule has 1 aliphatic carbocycles. The van der Waals surface area contributed by atoms with Crippen molar-refractivity contribution in [2.24, 2.45) is 17.6 Å². The second kappa shape index (κ2) is 5.89. The molecule has 0 bridgehead atoms. The van der Waals surface area contributed by atoms with Gasteiger partial charge in [-0.05, 0) is 50.2 Å². The van der Waals surface area contributed by atoms with Crippen LogP contribution in [0.1, 0.15) is 50.7 Å². The lowest BCUT2D eigenvalue weighted by molar-refractivity contribution is -0.0546. The average Bonchev–Trinajstić information content (AvgIpc) is 2.71. The third-order valence-electron chi connectivity index (χ3n) is 3.78. The third-order valence-corrected chi connectivity index (χ3v) is 3.78. The highest BCUT2D eigenvalue weighted by atomic mass is 16.5. The number of nitrogens with two attached hydrogens (primary N) is 1. The van der Waals surface area contributed by atoms with Crippen LogP contribution in [0.4, 0.5) is 0 Å². The van der Waals surface area contributed by atoms with Crippen LogP contribution in [0.5, 0.6) is 0 Å². The van der Waals surface area contributed by atoms with Crippen LogP contribution in [0, 0.1) is 18.8 Å². The molecule has 0 saturated heterocycles. The molecular formula is C15H25NO2. The Morgan fingerprint density at radius 3 is 2.44 bits per heavy atom. The van der Waals surface area contributed by atoms with Gasteiger partial charge in [0.1, 0.15) is 17.6 Å². The van der Waals surface area contributed by atoms with Crippen LogP contribution >= 0.6 is 0 Å².